The number of carbonyl (C=O) groups excluding carboxylic acids is 2. The lowest BCUT2D eigenvalue weighted by atomic mass is 10.1. The molecule has 0 aliphatic rings. The monoisotopic (exact) mass is 390 g/mol. The first-order chi connectivity index (χ1) is 13.8. The van der Waals surface area contributed by atoms with E-state index in [0.29, 0.717) is 35.5 Å². The molecule has 0 heterocycles. The number of amides is 1. The summed E-state index contributed by atoms with van der Waals surface area (Å²) in [6.07, 6.45) is 1.26. The second-order valence-electron chi connectivity index (χ2n) is 6.76. The van der Waals surface area contributed by atoms with Crippen molar-refractivity contribution >= 4 is 34.4 Å². The van der Waals surface area contributed by atoms with E-state index in [1.54, 1.807) is 38.1 Å². The Balaban J connectivity index is 1.83. The number of hydrogen-bond donors (Lipinski definition) is 2. The molecule has 2 aromatic carbocycles. The Hall–Kier alpha value is -3.54. The number of nitrogens with one attached hydrogen (secondary N) is 2. The van der Waals surface area contributed by atoms with Gasteiger partial charge in [-0.15, -0.1) is 0 Å². The number of benzene rings is 2. The fourth-order valence-electron chi connectivity index (χ4n) is 2.31. The molecule has 2 aromatic rings. The lowest BCUT2D eigenvalue weighted by Crippen LogP contribution is -2.11. The quantitative estimate of drug-likeness (QED) is 0.298. The predicted molar refractivity (Wildman–Crippen MR) is 118 cm³/mol. The van der Waals surface area contributed by atoms with Crippen LogP contribution in [-0.4, -0.2) is 18.2 Å². The summed E-state index contributed by atoms with van der Waals surface area (Å²) in [5, 5.41) is 14.4. The van der Waals surface area contributed by atoms with Crippen molar-refractivity contribution in [2.24, 2.45) is 10.2 Å². The number of azo groups is 1. The number of carbonyl (C=O) groups is 2. The van der Waals surface area contributed by atoms with Crippen molar-refractivity contribution in [2.45, 2.75) is 26.7 Å². The van der Waals surface area contributed by atoms with Gasteiger partial charge in [-0.3, -0.25) is 9.59 Å². The largest absolute Gasteiger partial charge is 0.385 e. The summed E-state index contributed by atoms with van der Waals surface area (Å²) in [6.45, 7) is 11.4. The number of hydrogen-bond acceptors (Lipinski definition) is 5. The third-order valence-corrected chi connectivity index (χ3v) is 4.05. The van der Waals surface area contributed by atoms with E-state index in [2.05, 4.69) is 34.0 Å². The summed E-state index contributed by atoms with van der Waals surface area (Å²) in [6, 6.07) is 14.7. The zero-order valence-electron chi connectivity index (χ0n) is 16.9. The second kappa shape index (κ2) is 10.7. The Morgan fingerprint density at radius 1 is 0.828 bits per heavy atom. The van der Waals surface area contributed by atoms with Gasteiger partial charge in [-0.05, 0) is 74.4 Å². The molecule has 1 amide bonds. The van der Waals surface area contributed by atoms with Crippen LogP contribution in [0.4, 0.5) is 22.7 Å². The van der Waals surface area contributed by atoms with Crippen molar-refractivity contribution in [1.82, 2.24) is 0 Å². The molecule has 29 heavy (non-hydrogen) atoms. The van der Waals surface area contributed by atoms with E-state index in [1.165, 1.54) is 0 Å². The van der Waals surface area contributed by atoms with Gasteiger partial charge in [-0.1, -0.05) is 13.2 Å². The van der Waals surface area contributed by atoms with E-state index in [4.69, 9.17) is 0 Å². The fraction of sp³-hybridized carbons (Fsp3) is 0.217. The Labute approximate surface area is 171 Å². The maximum atomic E-state index is 11.6. The smallest absolute Gasteiger partial charge is 0.250 e. The van der Waals surface area contributed by atoms with Gasteiger partial charge in [0.1, 0.15) is 0 Å². The normalized spacial score (nSPS) is 10.6. The molecule has 0 aliphatic heterocycles. The molecule has 0 saturated carbocycles. The lowest BCUT2D eigenvalue weighted by Gasteiger charge is -2.06. The molecule has 0 radical (unpaired) electrons. The van der Waals surface area contributed by atoms with Gasteiger partial charge in [0.05, 0.1) is 11.4 Å². The summed E-state index contributed by atoms with van der Waals surface area (Å²) in [5.41, 5.74) is 4.11. The number of Topliss-reactive ketones (excluding diaryl/α,β-unsaturated/α-hetero) is 1. The highest BCUT2D eigenvalue weighted by atomic mass is 16.1. The molecule has 0 saturated heterocycles. The van der Waals surface area contributed by atoms with Crippen LogP contribution in [0, 0.1) is 0 Å². The maximum absolute atomic E-state index is 11.6. The van der Waals surface area contributed by atoms with Crippen molar-refractivity contribution < 1.29 is 9.59 Å². The zero-order chi connectivity index (χ0) is 21.2. The average molecular weight is 390 g/mol. The molecular formula is C23H26N4O2. The van der Waals surface area contributed by atoms with Crippen LogP contribution in [0.25, 0.3) is 0 Å². The third-order valence-electron chi connectivity index (χ3n) is 4.05. The van der Waals surface area contributed by atoms with Crippen molar-refractivity contribution in [2.75, 3.05) is 17.2 Å². The van der Waals surface area contributed by atoms with Crippen molar-refractivity contribution in [3.05, 3.63) is 72.8 Å². The van der Waals surface area contributed by atoms with Gasteiger partial charge in [-0.25, -0.2) is 0 Å². The molecule has 2 N–H and O–H groups in total. The minimum atomic E-state index is -0.213. The zero-order valence-corrected chi connectivity index (χ0v) is 16.9. The van der Waals surface area contributed by atoms with E-state index >= 15 is 0 Å². The topological polar surface area (TPSA) is 82.9 Å². The summed E-state index contributed by atoms with van der Waals surface area (Å²) in [4.78, 5) is 23.1. The maximum Gasteiger partial charge on any atom is 0.250 e. The molecule has 0 spiro atoms. The summed E-state index contributed by atoms with van der Waals surface area (Å²) in [7, 11) is 0. The van der Waals surface area contributed by atoms with Crippen LogP contribution in [0.15, 0.2) is 83.1 Å². The Bertz CT molecular complexity index is 913. The Morgan fingerprint density at radius 2 is 1.34 bits per heavy atom. The molecule has 0 aromatic heterocycles. The van der Waals surface area contributed by atoms with Gasteiger partial charge in [0.2, 0.25) is 0 Å². The number of ketones is 1. The molecule has 0 aliphatic carbocycles. The highest BCUT2D eigenvalue weighted by Gasteiger charge is 2.03. The molecule has 150 valence electrons. The van der Waals surface area contributed by atoms with Crippen LogP contribution in [0.5, 0.6) is 0 Å². The van der Waals surface area contributed by atoms with Gasteiger partial charge in [0.15, 0.2) is 5.78 Å². The van der Waals surface area contributed by atoms with Crippen LogP contribution in [0.1, 0.15) is 26.7 Å². The van der Waals surface area contributed by atoms with E-state index in [-0.39, 0.29) is 11.7 Å². The van der Waals surface area contributed by atoms with Crippen LogP contribution in [0.3, 0.4) is 0 Å². The Kier molecular flexibility index (Phi) is 8.03. The van der Waals surface area contributed by atoms with Gasteiger partial charge in [0, 0.05) is 29.9 Å². The SMILES string of the molecule is C=C(C)C(=O)CCCNc1ccc(N=Nc2ccc(NC(=O)C(=C)C)cc2)cc1. The standard InChI is InChI=1S/C23H26N4O2/c1-16(2)22(28)6-5-15-24-18-7-11-20(12-8-18)26-27-21-13-9-19(10-14-21)25-23(29)17(3)4/h7-14,24H,1,3,5-6,15H2,2,4H3,(H,25,29). The molecule has 0 bridgehead atoms. The first-order valence-electron chi connectivity index (χ1n) is 9.36. The van der Waals surface area contributed by atoms with E-state index in [0.717, 1.165) is 17.8 Å². The van der Waals surface area contributed by atoms with Gasteiger partial charge in [0.25, 0.3) is 5.91 Å². The second-order valence-corrected chi connectivity index (χ2v) is 6.76. The minimum absolute atomic E-state index is 0.105. The third kappa shape index (κ3) is 7.54. The number of rotatable bonds is 10. The number of allylic oxidation sites excluding steroid dienone is 1. The average Bonchev–Trinajstić information content (AvgIpc) is 2.71. The van der Waals surface area contributed by atoms with Crippen LogP contribution >= 0.6 is 0 Å². The number of nitrogens with zero attached hydrogens (tertiary/aromatic N) is 2. The van der Waals surface area contributed by atoms with Crippen molar-refractivity contribution in [1.29, 1.82) is 0 Å². The molecular weight excluding hydrogens is 364 g/mol. The van der Waals surface area contributed by atoms with Crippen LogP contribution in [0.2, 0.25) is 0 Å². The first-order valence-corrected chi connectivity index (χ1v) is 9.36. The minimum Gasteiger partial charge on any atom is -0.385 e. The molecule has 6 nitrogen and oxygen atoms in total. The van der Waals surface area contributed by atoms with Gasteiger partial charge >= 0.3 is 0 Å². The molecule has 0 unspecified atom stereocenters. The summed E-state index contributed by atoms with van der Waals surface area (Å²) in [5.74, 6) is -0.107. The van der Waals surface area contributed by atoms with E-state index in [9.17, 15) is 9.59 Å². The highest BCUT2D eigenvalue weighted by Crippen LogP contribution is 2.22. The van der Waals surface area contributed by atoms with Gasteiger partial charge < -0.3 is 10.6 Å². The summed E-state index contributed by atoms with van der Waals surface area (Å²) >= 11 is 0. The van der Waals surface area contributed by atoms with E-state index < -0.39 is 0 Å². The van der Waals surface area contributed by atoms with Crippen LogP contribution < -0.4 is 10.6 Å². The molecule has 6 heteroatoms. The number of anilines is 2. The molecule has 0 fully saturated rings. The summed E-state index contributed by atoms with van der Waals surface area (Å²) < 4.78 is 0. The fourth-order valence-corrected chi connectivity index (χ4v) is 2.31. The lowest BCUT2D eigenvalue weighted by molar-refractivity contribution is -0.115. The Morgan fingerprint density at radius 3 is 1.83 bits per heavy atom. The predicted octanol–water partition coefficient (Wildman–Crippen LogP) is 5.95. The first kappa shape index (κ1) is 21.8. The van der Waals surface area contributed by atoms with Crippen molar-refractivity contribution in [3.8, 4) is 0 Å². The van der Waals surface area contributed by atoms with Crippen LogP contribution in [-0.2, 0) is 9.59 Å². The molecule has 0 atom stereocenters. The van der Waals surface area contributed by atoms with Crippen molar-refractivity contribution in [3.63, 3.8) is 0 Å². The molecule has 2 rings (SSSR count). The van der Waals surface area contributed by atoms with Gasteiger partial charge in [-0.2, -0.15) is 10.2 Å². The highest BCUT2D eigenvalue weighted by molar-refractivity contribution is 6.02. The van der Waals surface area contributed by atoms with E-state index in [1.807, 2.05) is 24.3 Å².